The lowest BCUT2D eigenvalue weighted by molar-refractivity contribution is -0.0328. The zero-order valence-corrected chi connectivity index (χ0v) is 10.8. The molecule has 0 radical (unpaired) electrons. The summed E-state index contributed by atoms with van der Waals surface area (Å²) in [6, 6.07) is 5.44. The summed E-state index contributed by atoms with van der Waals surface area (Å²) in [6.45, 7) is 1.09. The summed E-state index contributed by atoms with van der Waals surface area (Å²) in [4.78, 5) is 13.7. The Bertz CT molecular complexity index is 461. The summed E-state index contributed by atoms with van der Waals surface area (Å²) >= 11 is -0.191. The minimum Gasteiger partial charge on any atom is -0.337 e. The molecule has 1 amide bonds. The number of likely N-dealkylation sites (tertiary alicyclic amines) is 1. The van der Waals surface area contributed by atoms with Gasteiger partial charge in [0.1, 0.15) is 0 Å². The van der Waals surface area contributed by atoms with Crippen LogP contribution in [0.5, 0.6) is 0 Å². The average molecular weight is 290 g/mol. The lowest BCUT2D eigenvalue weighted by atomic mass is 10.2. The fourth-order valence-corrected chi connectivity index (χ4v) is 2.49. The smallest absolute Gasteiger partial charge is 0.337 e. The monoisotopic (exact) mass is 290 g/mol. The van der Waals surface area contributed by atoms with E-state index in [2.05, 4.69) is 0 Å². The van der Waals surface area contributed by atoms with Gasteiger partial charge in [-0.3, -0.25) is 4.79 Å². The van der Waals surface area contributed by atoms with Crippen molar-refractivity contribution >= 4 is 17.7 Å². The normalized spacial score (nSPS) is 19.8. The zero-order chi connectivity index (χ0) is 14.0. The molecule has 1 aromatic carbocycles. The first kappa shape index (κ1) is 14.2. The Labute approximate surface area is 112 Å². The quantitative estimate of drug-likeness (QED) is 0.851. The van der Waals surface area contributed by atoms with Crippen LogP contribution in [0.2, 0.25) is 0 Å². The molecule has 0 spiro atoms. The van der Waals surface area contributed by atoms with Crippen LogP contribution in [-0.2, 0) is 0 Å². The molecule has 0 aromatic heterocycles. The van der Waals surface area contributed by atoms with Gasteiger partial charge in [0.15, 0.2) is 0 Å². The number of amides is 1. The topological polar surface area (TPSA) is 46.3 Å². The zero-order valence-electron chi connectivity index (χ0n) is 9.98. The first-order valence-corrected chi connectivity index (χ1v) is 6.57. The van der Waals surface area contributed by atoms with Crippen LogP contribution in [0.1, 0.15) is 16.8 Å². The van der Waals surface area contributed by atoms with Crippen LogP contribution in [0.15, 0.2) is 29.2 Å². The Morgan fingerprint density at radius 1 is 1.32 bits per heavy atom. The van der Waals surface area contributed by atoms with E-state index in [1.54, 1.807) is 4.90 Å². The van der Waals surface area contributed by atoms with Gasteiger partial charge < -0.3 is 10.6 Å². The highest BCUT2D eigenvalue weighted by molar-refractivity contribution is 8.00. The minimum atomic E-state index is -4.31. The molecule has 0 unspecified atom stereocenters. The van der Waals surface area contributed by atoms with Crippen molar-refractivity contribution in [1.29, 1.82) is 0 Å². The Morgan fingerprint density at radius 3 is 2.42 bits per heavy atom. The van der Waals surface area contributed by atoms with E-state index in [4.69, 9.17) is 5.73 Å². The van der Waals surface area contributed by atoms with Crippen LogP contribution < -0.4 is 5.73 Å². The van der Waals surface area contributed by atoms with Gasteiger partial charge in [0.2, 0.25) is 0 Å². The maximum Gasteiger partial charge on any atom is 0.446 e. The first-order valence-electron chi connectivity index (χ1n) is 5.76. The van der Waals surface area contributed by atoms with Crippen molar-refractivity contribution in [2.24, 2.45) is 5.73 Å². The number of halogens is 3. The Hall–Kier alpha value is -1.21. The van der Waals surface area contributed by atoms with Crippen LogP contribution >= 0.6 is 11.8 Å². The minimum absolute atomic E-state index is 0.0102. The number of nitrogens with two attached hydrogens (primary N) is 1. The third-order valence-corrected chi connectivity index (χ3v) is 3.59. The van der Waals surface area contributed by atoms with E-state index < -0.39 is 5.51 Å². The number of rotatable bonds is 2. The van der Waals surface area contributed by atoms with E-state index in [9.17, 15) is 18.0 Å². The Balaban J connectivity index is 2.04. The van der Waals surface area contributed by atoms with Crippen molar-refractivity contribution in [2.45, 2.75) is 22.9 Å². The molecule has 1 fully saturated rings. The van der Waals surface area contributed by atoms with Gasteiger partial charge in [0.05, 0.1) is 0 Å². The van der Waals surface area contributed by atoms with E-state index in [0.29, 0.717) is 18.7 Å². The molecule has 3 nitrogen and oxygen atoms in total. The number of hydrogen-bond acceptors (Lipinski definition) is 3. The molecule has 104 valence electrons. The van der Waals surface area contributed by atoms with Crippen LogP contribution in [0.25, 0.3) is 0 Å². The Kier molecular flexibility index (Phi) is 4.05. The number of benzene rings is 1. The summed E-state index contributed by atoms with van der Waals surface area (Å²) in [6.07, 6.45) is 0.758. The number of alkyl halides is 3. The van der Waals surface area contributed by atoms with Crippen molar-refractivity contribution in [3.63, 3.8) is 0 Å². The molecule has 2 rings (SSSR count). The molecule has 1 aromatic rings. The number of hydrogen-bond donors (Lipinski definition) is 1. The SMILES string of the molecule is N[C@@H]1CCN(C(=O)c2ccc(SC(F)(F)F)cc2)C1. The molecule has 0 aliphatic carbocycles. The second-order valence-electron chi connectivity index (χ2n) is 4.37. The highest BCUT2D eigenvalue weighted by Gasteiger charge is 2.29. The fourth-order valence-electron chi connectivity index (χ4n) is 1.95. The summed E-state index contributed by atoms with van der Waals surface area (Å²) in [5.41, 5.74) is 1.79. The van der Waals surface area contributed by atoms with E-state index in [1.807, 2.05) is 0 Å². The highest BCUT2D eigenvalue weighted by atomic mass is 32.2. The Morgan fingerprint density at radius 2 is 1.95 bits per heavy atom. The molecule has 1 aliphatic rings. The molecule has 7 heteroatoms. The number of carbonyl (C=O) groups is 1. The van der Waals surface area contributed by atoms with Gasteiger partial charge in [-0.15, -0.1) is 0 Å². The molecular formula is C12H13F3N2OS. The van der Waals surface area contributed by atoms with Gasteiger partial charge in [-0.05, 0) is 42.4 Å². The predicted molar refractivity (Wildman–Crippen MR) is 66.8 cm³/mol. The van der Waals surface area contributed by atoms with Crippen molar-refractivity contribution in [1.82, 2.24) is 4.90 Å². The second kappa shape index (κ2) is 5.42. The van der Waals surface area contributed by atoms with E-state index in [0.717, 1.165) is 6.42 Å². The fraction of sp³-hybridized carbons (Fsp3) is 0.417. The molecule has 19 heavy (non-hydrogen) atoms. The molecule has 1 aliphatic heterocycles. The lowest BCUT2D eigenvalue weighted by Crippen LogP contribution is -2.31. The molecule has 1 saturated heterocycles. The van der Waals surface area contributed by atoms with Crippen LogP contribution in [0.3, 0.4) is 0 Å². The third kappa shape index (κ3) is 3.87. The lowest BCUT2D eigenvalue weighted by Gasteiger charge is -2.16. The van der Waals surface area contributed by atoms with Gasteiger partial charge >= 0.3 is 5.51 Å². The van der Waals surface area contributed by atoms with Gasteiger partial charge in [0, 0.05) is 29.6 Å². The predicted octanol–water partition coefficient (Wildman–Crippen LogP) is 2.47. The maximum atomic E-state index is 12.2. The van der Waals surface area contributed by atoms with Gasteiger partial charge in [0.25, 0.3) is 5.91 Å². The van der Waals surface area contributed by atoms with Gasteiger partial charge in [-0.1, -0.05) is 0 Å². The number of thioether (sulfide) groups is 1. The van der Waals surface area contributed by atoms with E-state index in [-0.39, 0.29) is 28.6 Å². The summed E-state index contributed by atoms with van der Waals surface area (Å²) in [5.74, 6) is -0.184. The van der Waals surface area contributed by atoms with Crippen molar-refractivity contribution in [3.8, 4) is 0 Å². The molecule has 2 N–H and O–H groups in total. The number of nitrogens with zero attached hydrogens (tertiary/aromatic N) is 1. The summed E-state index contributed by atoms with van der Waals surface area (Å²) in [5, 5.41) is 0. The largest absolute Gasteiger partial charge is 0.446 e. The molecule has 1 heterocycles. The molecule has 0 saturated carbocycles. The van der Waals surface area contributed by atoms with Crippen molar-refractivity contribution < 1.29 is 18.0 Å². The van der Waals surface area contributed by atoms with Crippen molar-refractivity contribution in [2.75, 3.05) is 13.1 Å². The molecule has 0 bridgehead atoms. The van der Waals surface area contributed by atoms with Crippen LogP contribution in [-0.4, -0.2) is 35.4 Å². The molecular weight excluding hydrogens is 277 g/mol. The van der Waals surface area contributed by atoms with E-state index in [1.165, 1.54) is 24.3 Å². The molecule has 1 atom stereocenters. The summed E-state index contributed by atoms with van der Waals surface area (Å²) in [7, 11) is 0. The van der Waals surface area contributed by atoms with Crippen LogP contribution in [0.4, 0.5) is 13.2 Å². The van der Waals surface area contributed by atoms with Gasteiger partial charge in [-0.2, -0.15) is 13.2 Å². The average Bonchev–Trinajstić information content (AvgIpc) is 2.74. The van der Waals surface area contributed by atoms with E-state index >= 15 is 0 Å². The third-order valence-electron chi connectivity index (χ3n) is 2.85. The highest BCUT2D eigenvalue weighted by Crippen LogP contribution is 2.36. The van der Waals surface area contributed by atoms with Gasteiger partial charge in [-0.25, -0.2) is 0 Å². The first-order chi connectivity index (χ1) is 8.85. The second-order valence-corrected chi connectivity index (χ2v) is 5.51. The standard InChI is InChI=1S/C12H13F3N2OS/c13-12(14,15)19-10-3-1-8(2-4-10)11(18)17-6-5-9(16)7-17/h1-4,9H,5-7,16H2/t9-/m1/s1. The maximum absolute atomic E-state index is 12.2. The summed E-state index contributed by atoms with van der Waals surface area (Å²) < 4.78 is 36.5. The van der Waals surface area contributed by atoms with Crippen LogP contribution in [0, 0.1) is 0 Å². The van der Waals surface area contributed by atoms with Crippen molar-refractivity contribution in [3.05, 3.63) is 29.8 Å². The number of carbonyl (C=O) groups excluding carboxylic acids is 1.